The first kappa shape index (κ1) is 19.5. The summed E-state index contributed by atoms with van der Waals surface area (Å²) in [5, 5.41) is 0. The van der Waals surface area contributed by atoms with Crippen molar-refractivity contribution in [3.8, 4) is 0 Å². The minimum Gasteiger partial charge on any atom is -0.444 e. The standard InChI is InChI=1S/C21H31NO3/c1-21(2,3)25-20(23)22-14-9-13-18(16-22)10-7-8-15-24-17-19-11-5-4-6-12-19/h4-8,11-12,18H,9-10,13-17H2,1-3H3/b8-7+. The van der Waals surface area contributed by atoms with Crippen LogP contribution in [0.3, 0.4) is 0 Å². The van der Waals surface area contributed by atoms with Crippen molar-refractivity contribution in [2.75, 3.05) is 19.7 Å². The molecule has 0 radical (unpaired) electrons. The van der Waals surface area contributed by atoms with Crippen molar-refractivity contribution in [2.45, 2.75) is 52.2 Å². The normalized spacial score (nSPS) is 18.5. The number of ether oxygens (including phenoxy) is 2. The van der Waals surface area contributed by atoms with E-state index in [1.54, 1.807) is 0 Å². The van der Waals surface area contributed by atoms with Crippen molar-refractivity contribution >= 4 is 6.09 Å². The highest BCUT2D eigenvalue weighted by molar-refractivity contribution is 5.68. The van der Waals surface area contributed by atoms with Crippen LogP contribution in [-0.4, -0.2) is 36.3 Å². The van der Waals surface area contributed by atoms with Crippen LogP contribution in [0.4, 0.5) is 4.79 Å². The molecule has 1 unspecified atom stereocenters. The average molecular weight is 345 g/mol. The topological polar surface area (TPSA) is 38.8 Å². The lowest BCUT2D eigenvalue weighted by molar-refractivity contribution is 0.0167. The Labute approximate surface area is 151 Å². The Morgan fingerprint density at radius 1 is 1.24 bits per heavy atom. The number of rotatable bonds is 6. The van der Waals surface area contributed by atoms with Gasteiger partial charge in [-0.3, -0.25) is 0 Å². The van der Waals surface area contributed by atoms with Gasteiger partial charge in [0.1, 0.15) is 5.60 Å². The van der Waals surface area contributed by atoms with Gasteiger partial charge >= 0.3 is 6.09 Å². The fraction of sp³-hybridized carbons (Fsp3) is 0.571. The van der Waals surface area contributed by atoms with Crippen LogP contribution < -0.4 is 0 Å². The summed E-state index contributed by atoms with van der Waals surface area (Å²) in [5.41, 5.74) is 0.760. The van der Waals surface area contributed by atoms with E-state index in [4.69, 9.17) is 9.47 Å². The minimum atomic E-state index is -0.431. The van der Waals surface area contributed by atoms with Gasteiger partial charge in [0.15, 0.2) is 0 Å². The second kappa shape index (κ2) is 9.62. The van der Waals surface area contributed by atoms with Gasteiger partial charge in [-0.05, 0) is 51.5 Å². The highest BCUT2D eigenvalue weighted by Crippen LogP contribution is 2.22. The van der Waals surface area contributed by atoms with Gasteiger partial charge in [-0.25, -0.2) is 4.79 Å². The molecule has 1 saturated heterocycles. The Morgan fingerprint density at radius 3 is 2.72 bits per heavy atom. The van der Waals surface area contributed by atoms with Gasteiger partial charge in [0, 0.05) is 13.1 Å². The predicted octanol–water partition coefficient (Wildman–Crippen LogP) is 4.80. The summed E-state index contributed by atoms with van der Waals surface area (Å²) in [6.07, 6.45) is 7.25. The van der Waals surface area contributed by atoms with E-state index in [1.165, 1.54) is 5.56 Å². The average Bonchev–Trinajstić information content (AvgIpc) is 2.58. The number of amides is 1. The molecular weight excluding hydrogens is 314 g/mol. The molecule has 0 aromatic heterocycles. The van der Waals surface area contributed by atoms with Gasteiger partial charge in [0.2, 0.25) is 0 Å². The molecule has 0 bridgehead atoms. The van der Waals surface area contributed by atoms with E-state index in [0.29, 0.717) is 19.1 Å². The van der Waals surface area contributed by atoms with Crippen LogP contribution in [0.15, 0.2) is 42.5 Å². The lowest BCUT2D eigenvalue weighted by atomic mass is 9.95. The maximum Gasteiger partial charge on any atom is 0.410 e. The number of hydrogen-bond acceptors (Lipinski definition) is 3. The zero-order valence-electron chi connectivity index (χ0n) is 15.7. The van der Waals surface area contributed by atoms with Crippen molar-refractivity contribution < 1.29 is 14.3 Å². The molecule has 1 amide bonds. The summed E-state index contributed by atoms with van der Waals surface area (Å²) < 4.78 is 11.1. The highest BCUT2D eigenvalue weighted by atomic mass is 16.6. The van der Waals surface area contributed by atoms with E-state index < -0.39 is 5.60 Å². The lowest BCUT2D eigenvalue weighted by Crippen LogP contribution is -2.42. The molecule has 0 N–H and O–H groups in total. The smallest absolute Gasteiger partial charge is 0.410 e. The van der Waals surface area contributed by atoms with E-state index >= 15 is 0 Å². The summed E-state index contributed by atoms with van der Waals surface area (Å²) in [7, 11) is 0. The van der Waals surface area contributed by atoms with Crippen LogP contribution in [0.2, 0.25) is 0 Å². The second-order valence-corrected chi connectivity index (χ2v) is 7.64. The molecule has 1 aliphatic rings. The summed E-state index contributed by atoms with van der Waals surface area (Å²) >= 11 is 0. The van der Waals surface area contributed by atoms with E-state index in [0.717, 1.165) is 32.4 Å². The molecule has 0 spiro atoms. The van der Waals surface area contributed by atoms with Gasteiger partial charge < -0.3 is 14.4 Å². The third-order valence-electron chi connectivity index (χ3n) is 4.13. The molecule has 1 heterocycles. The molecule has 0 saturated carbocycles. The first-order valence-corrected chi connectivity index (χ1v) is 9.18. The number of allylic oxidation sites excluding steroid dienone is 1. The largest absolute Gasteiger partial charge is 0.444 e. The number of carbonyl (C=O) groups excluding carboxylic acids is 1. The van der Waals surface area contributed by atoms with Gasteiger partial charge in [-0.2, -0.15) is 0 Å². The third kappa shape index (κ3) is 7.74. The number of piperidine rings is 1. The monoisotopic (exact) mass is 345 g/mol. The van der Waals surface area contributed by atoms with E-state index in [2.05, 4.69) is 24.3 Å². The van der Waals surface area contributed by atoms with E-state index in [9.17, 15) is 4.79 Å². The molecule has 0 aliphatic carbocycles. The number of likely N-dealkylation sites (tertiary alicyclic amines) is 1. The number of carbonyl (C=O) groups is 1. The molecule has 1 aliphatic heterocycles. The van der Waals surface area contributed by atoms with Crippen LogP contribution in [0.25, 0.3) is 0 Å². The van der Waals surface area contributed by atoms with Gasteiger partial charge in [-0.1, -0.05) is 42.5 Å². The SMILES string of the molecule is CC(C)(C)OC(=O)N1CCCC(C/C=C/COCc2ccccc2)C1. The molecule has 1 atom stereocenters. The Kier molecular flexibility index (Phi) is 7.51. The van der Waals surface area contributed by atoms with Crippen molar-refractivity contribution in [2.24, 2.45) is 5.92 Å². The molecule has 25 heavy (non-hydrogen) atoms. The molecular formula is C21H31NO3. The lowest BCUT2D eigenvalue weighted by Gasteiger charge is -2.33. The van der Waals surface area contributed by atoms with Crippen molar-refractivity contribution in [1.29, 1.82) is 0 Å². The van der Waals surface area contributed by atoms with Gasteiger partial charge in [0.05, 0.1) is 13.2 Å². The number of nitrogens with zero attached hydrogens (tertiary/aromatic N) is 1. The van der Waals surface area contributed by atoms with Crippen molar-refractivity contribution in [3.63, 3.8) is 0 Å². The van der Waals surface area contributed by atoms with Crippen molar-refractivity contribution in [3.05, 3.63) is 48.0 Å². The van der Waals surface area contributed by atoms with Crippen LogP contribution in [-0.2, 0) is 16.1 Å². The summed E-state index contributed by atoms with van der Waals surface area (Å²) in [6.45, 7) is 8.57. The third-order valence-corrected chi connectivity index (χ3v) is 4.13. The number of benzene rings is 1. The fourth-order valence-electron chi connectivity index (χ4n) is 2.93. The first-order chi connectivity index (χ1) is 11.9. The Hall–Kier alpha value is -1.81. The molecule has 138 valence electrons. The van der Waals surface area contributed by atoms with Gasteiger partial charge in [-0.15, -0.1) is 0 Å². The molecule has 4 heteroatoms. The zero-order valence-corrected chi connectivity index (χ0v) is 15.7. The van der Waals surface area contributed by atoms with Crippen LogP contribution in [0.5, 0.6) is 0 Å². The maximum absolute atomic E-state index is 12.2. The number of hydrogen-bond donors (Lipinski definition) is 0. The Morgan fingerprint density at radius 2 is 2.00 bits per heavy atom. The van der Waals surface area contributed by atoms with E-state index in [-0.39, 0.29) is 6.09 Å². The molecule has 4 nitrogen and oxygen atoms in total. The maximum atomic E-state index is 12.2. The van der Waals surface area contributed by atoms with Gasteiger partial charge in [0.25, 0.3) is 0 Å². The van der Waals surface area contributed by atoms with Crippen LogP contribution in [0.1, 0.15) is 45.6 Å². The predicted molar refractivity (Wildman–Crippen MR) is 100 cm³/mol. The van der Waals surface area contributed by atoms with E-state index in [1.807, 2.05) is 43.9 Å². The molecule has 1 aromatic rings. The highest BCUT2D eigenvalue weighted by Gasteiger charge is 2.26. The molecule has 1 aromatic carbocycles. The van der Waals surface area contributed by atoms with Crippen LogP contribution >= 0.6 is 0 Å². The minimum absolute atomic E-state index is 0.188. The summed E-state index contributed by atoms with van der Waals surface area (Å²) in [5.74, 6) is 0.506. The quantitative estimate of drug-likeness (QED) is 0.549. The zero-order chi connectivity index (χ0) is 18.1. The van der Waals surface area contributed by atoms with Crippen LogP contribution in [0, 0.1) is 5.92 Å². The molecule has 2 rings (SSSR count). The summed E-state index contributed by atoms with van der Waals surface area (Å²) in [6, 6.07) is 10.2. The summed E-state index contributed by atoms with van der Waals surface area (Å²) in [4.78, 5) is 14.0. The first-order valence-electron chi connectivity index (χ1n) is 9.18. The molecule has 1 fully saturated rings. The van der Waals surface area contributed by atoms with Crippen molar-refractivity contribution in [1.82, 2.24) is 4.90 Å². The second-order valence-electron chi connectivity index (χ2n) is 7.64. The fourth-order valence-corrected chi connectivity index (χ4v) is 2.93. The Bertz CT molecular complexity index is 548. The Balaban J connectivity index is 1.65.